The quantitative estimate of drug-likeness (QED) is 0.185. The summed E-state index contributed by atoms with van der Waals surface area (Å²) in [5, 5.41) is 0. The van der Waals surface area contributed by atoms with Crippen LogP contribution in [0, 0.1) is 0 Å². The molecule has 3 rings (SSSR count). The van der Waals surface area contributed by atoms with Crippen LogP contribution >= 0.6 is 7.82 Å². The highest BCUT2D eigenvalue weighted by atomic mass is 31.2. The van der Waals surface area contributed by atoms with Crippen LogP contribution in [0.25, 0.3) is 0 Å². The van der Waals surface area contributed by atoms with Gasteiger partial charge in [-0.3, -0.25) is 28.0 Å². The van der Waals surface area contributed by atoms with Gasteiger partial charge in [0, 0.05) is 20.8 Å². The van der Waals surface area contributed by atoms with Crippen LogP contribution in [0.4, 0.5) is 0 Å². The molecule has 0 bridgehead atoms. The molecule has 1 saturated heterocycles. The van der Waals surface area contributed by atoms with E-state index in [4.69, 9.17) is 37.3 Å². The molecule has 0 aromatic heterocycles. The van der Waals surface area contributed by atoms with Gasteiger partial charge in [0.25, 0.3) is 0 Å². The van der Waals surface area contributed by atoms with Crippen molar-refractivity contribution in [2.45, 2.75) is 64.5 Å². The highest BCUT2D eigenvalue weighted by molar-refractivity contribution is 7.48. The van der Waals surface area contributed by atoms with E-state index in [9.17, 15) is 23.7 Å². The Morgan fingerprint density at radius 2 is 1.14 bits per heavy atom. The van der Waals surface area contributed by atoms with Crippen molar-refractivity contribution in [3.05, 3.63) is 71.8 Å². The second-order valence-electron chi connectivity index (χ2n) is 9.10. The first kappa shape index (κ1) is 32.9. The number of carbonyl (C=O) groups excluding carboxylic acids is 4. The van der Waals surface area contributed by atoms with Gasteiger partial charge in [0.05, 0.1) is 26.9 Å². The van der Waals surface area contributed by atoms with Crippen LogP contribution in [0.1, 0.15) is 31.9 Å². The van der Waals surface area contributed by atoms with Crippen molar-refractivity contribution in [2.75, 3.05) is 13.7 Å². The van der Waals surface area contributed by atoms with Gasteiger partial charge in [-0.25, -0.2) is 9.36 Å². The fraction of sp³-hybridized carbons (Fsp3) is 0.429. The van der Waals surface area contributed by atoms with Crippen LogP contribution in [-0.2, 0) is 74.2 Å². The van der Waals surface area contributed by atoms with Crippen LogP contribution in [0.3, 0.4) is 0 Å². The number of methoxy groups -OCH3 is 1. The summed E-state index contributed by atoms with van der Waals surface area (Å²) in [6.07, 6.45) is -7.54. The van der Waals surface area contributed by atoms with Crippen molar-refractivity contribution >= 4 is 31.7 Å². The maximum Gasteiger partial charge on any atom is 0.475 e. The molecule has 5 atom stereocenters. The van der Waals surface area contributed by atoms with Gasteiger partial charge in [-0.05, 0) is 11.1 Å². The van der Waals surface area contributed by atoms with Crippen molar-refractivity contribution < 1.29 is 61.0 Å². The first-order valence-electron chi connectivity index (χ1n) is 12.9. The molecule has 0 amide bonds. The summed E-state index contributed by atoms with van der Waals surface area (Å²) in [6.45, 7) is 2.33. The van der Waals surface area contributed by atoms with Gasteiger partial charge in [-0.15, -0.1) is 0 Å². The summed E-state index contributed by atoms with van der Waals surface area (Å²) in [4.78, 5) is 48.6. The minimum absolute atomic E-state index is 0.138. The molecule has 1 aliphatic rings. The molecule has 2 aromatic carbocycles. The highest BCUT2D eigenvalue weighted by Gasteiger charge is 2.55. The zero-order chi connectivity index (χ0) is 30.7. The molecule has 228 valence electrons. The third kappa shape index (κ3) is 9.74. The SMILES string of the molecule is COC(=O)[C@@H]1OC(COP(=O)(OCc2ccccc2)OCc2ccccc2)[C@@H](OC(C)=O)[C@H](OC(C)=O)C1OC(C)=O. The molecule has 42 heavy (non-hydrogen) atoms. The first-order valence-corrected chi connectivity index (χ1v) is 14.3. The standard InChI is InChI=1S/C28H33O13P/c1-18(29)38-24-23(41-27(28(32)34-4)26(40-20(3)31)25(24)39-19(2)30)17-37-42(33,35-15-21-11-7-5-8-12-21)36-16-22-13-9-6-10-14-22/h5-14,23-27H,15-17H2,1-4H3/t23?,24-,25+,26?,27-/m1/s1. The van der Waals surface area contributed by atoms with Gasteiger partial charge in [0.15, 0.2) is 24.4 Å². The number of phosphoric ester groups is 1. The Bertz CT molecular complexity index is 1210. The van der Waals surface area contributed by atoms with Gasteiger partial charge in [-0.1, -0.05) is 60.7 Å². The molecule has 14 heteroatoms. The topological polar surface area (TPSA) is 159 Å². The summed E-state index contributed by atoms with van der Waals surface area (Å²) >= 11 is 0. The average Bonchev–Trinajstić information content (AvgIpc) is 2.96. The van der Waals surface area contributed by atoms with Crippen LogP contribution in [0.2, 0.25) is 0 Å². The maximum atomic E-state index is 13.8. The molecule has 0 radical (unpaired) electrons. The molecule has 2 aromatic rings. The molecule has 13 nitrogen and oxygen atoms in total. The molecule has 2 unspecified atom stereocenters. The molecule has 0 saturated carbocycles. The number of hydrogen-bond donors (Lipinski definition) is 0. The Kier molecular flexibility index (Phi) is 12.2. The largest absolute Gasteiger partial charge is 0.475 e. The molecule has 1 heterocycles. The van der Waals surface area contributed by atoms with Crippen LogP contribution < -0.4 is 0 Å². The van der Waals surface area contributed by atoms with Gasteiger partial charge in [-0.2, -0.15) is 0 Å². The van der Waals surface area contributed by atoms with Crippen LogP contribution in [0.15, 0.2) is 60.7 Å². The van der Waals surface area contributed by atoms with Gasteiger partial charge >= 0.3 is 31.7 Å². The van der Waals surface area contributed by atoms with Gasteiger partial charge in [0.1, 0.15) is 6.10 Å². The second kappa shape index (κ2) is 15.6. The minimum atomic E-state index is -4.34. The van der Waals surface area contributed by atoms with Crippen molar-refractivity contribution in [1.29, 1.82) is 0 Å². The Labute approximate surface area is 242 Å². The fourth-order valence-corrected chi connectivity index (χ4v) is 5.23. The third-order valence-electron chi connectivity index (χ3n) is 5.83. The van der Waals surface area contributed by atoms with E-state index in [2.05, 4.69) is 0 Å². The fourth-order valence-electron chi connectivity index (χ4n) is 4.07. The average molecular weight is 609 g/mol. The smallest absolute Gasteiger partial charge is 0.467 e. The van der Waals surface area contributed by atoms with E-state index in [1.165, 1.54) is 0 Å². The molecule has 0 N–H and O–H groups in total. The van der Waals surface area contributed by atoms with E-state index in [1.54, 1.807) is 60.7 Å². The van der Waals surface area contributed by atoms with Crippen molar-refractivity contribution in [1.82, 2.24) is 0 Å². The molecule has 0 spiro atoms. The van der Waals surface area contributed by atoms with Crippen molar-refractivity contribution in [3.63, 3.8) is 0 Å². The van der Waals surface area contributed by atoms with Crippen molar-refractivity contribution in [3.8, 4) is 0 Å². The summed E-state index contributed by atoms with van der Waals surface area (Å²) in [5.41, 5.74) is 1.36. The predicted octanol–water partition coefficient (Wildman–Crippen LogP) is 3.28. The normalized spacial score (nSPS) is 22.0. The zero-order valence-electron chi connectivity index (χ0n) is 23.5. The second-order valence-corrected chi connectivity index (χ2v) is 10.8. The lowest BCUT2D eigenvalue weighted by molar-refractivity contribution is -0.252. The summed E-state index contributed by atoms with van der Waals surface area (Å²) in [5.74, 6) is -3.46. The maximum absolute atomic E-state index is 13.8. The van der Waals surface area contributed by atoms with Gasteiger partial charge < -0.3 is 23.7 Å². The number of rotatable bonds is 13. The lowest BCUT2D eigenvalue weighted by Gasteiger charge is -2.43. The highest BCUT2D eigenvalue weighted by Crippen LogP contribution is 2.51. The lowest BCUT2D eigenvalue weighted by Crippen LogP contribution is -2.64. The van der Waals surface area contributed by atoms with E-state index < -0.39 is 68.8 Å². The number of phosphoric acid groups is 1. The molecule has 0 aliphatic carbocycles. The number of benzene rings is 2. The van der Waals surface area contributed by atoms with Crippen LogP contribution in [0.5, 0.6) is 0 Å². The minimum Gasteiger partial charge on any atom is -0.467 e. The number of carbonyl (C=O) groups is 4. The van der Waals surface area contributed by atoms with Gasteiger partial charge in [0.2, 0.25) is 0 Å². The number of ether oxygens (including phenoxy) is 5. The zero-order valence-corrected chi connectivity index (χ0v) is 24.4. The van der Waals surface area contributed by atoms with E-state index in [0.717, 1.165) is 27.9 Å². The molecule has 1 fully saturated rings. The summed E-state index contributed by atoms with van der Waals surface area (Å²) in [7, 11) is -3.27. The van der Waals surface area contributed by atoms with E-state index in [0.29, 0.717) is 11.1 Å². The Hall–Kier alpha value is -3.61. The van der Waals surface area contributed by atoms with Crippen molar-refractivity contribution in [2.24, 2.45) is 0 Å². The summed E-state index contributed by atoms with van der Waals surface area (Å²) < 4.78 is 57.2. The lowest BCUT2D eigenvalue weighted by atomic mass is 9.94. The Balaban J connectivity index is 1.90. The third-order valence-corrected chi connectivity index (χ3v) is 7.19. The summed E-state index contributed by atoms with van der Waals surface area (Å²) in [6, 6.07) is 17.7. The number of hydrogen-bond acceptors (Lipinski definition) is 13. The first-order chi connectivity index (χ1) is 20.0. The van der Waals surface area contributed by atoms with Crippen LogP contribution in [-0.4, -0.2) is 68.1 Å². The molecular formula is C28H33O13P. The molecular weight excluding hydrogens is 575 g/mol. The molecule has 1 aliphatic heterocycles. The Morgan fingerprint density at radius 1 is 0.690 bits per heavy atom. The predicted molar refractivity (Wildman–Crippen MR) is 143 cm³/mol. The van der Waals surface area contributed by atoms with E-state index in [1.807, 2.05) is 0 Å². The van der Waals surface area contributed by atoms with E-state index in [-0.39, 0.29) is 13.2 Å². The van der Waals surface area contributed by atoms with E-state index >= 15 is 0 Å². The monoisotopic (exact) mass is 608 g/mol. The number of esters is 4. The Morgan fingerprint density at radius 3 is 1.60 bits per heavy atom.